The van der Waals surface area contributed by atoms with Gasteiger partial charge in [-0.1, -0.05) is 53.7 Å². The number of benzene rings is 2. The Balaban J connectivity index is 1.54. The fourth-order valence-electron chi connectivity index (χ4n) is 6.76. The van der Waals surface area contributed by atoms with Crippen LogP contribution in [0.3, 0.4) is 0 Å². The van der Waals surface area contributed by atoms with E-state index in [1.165, 1.54) is 11.1 Å². The van der Waals surface area contributed by atoms with Crippen molar-refractivity contribution in [2.75, 3.05) is 19.6 Å². The molecule has 0 amide bonds. The van der Waals surface area contributed by atoms with Gasteiger partial charge in [0.2, 0.25) is 0 Å². The van der Waals surface area contributed by atoms with Crippen LogP contribution in [0.25, 0.3) is 0 Å². The summed E-state index contributed by atoms with van der Waals surface area (Å²) in [6.45, 7) is 13.5. The van der Waals surface area contributed by atoms with Crippen LogP contribution in [0.1, 0.15) is 52.7 Å². The quantitative estimate of drug-likeness (QED) is 0.186. The maximum Gasteiger partial charge on any atom is 0.166 e. The topological polar surface area (TPSA) is 64.5 Å². The van der Waals surface area contributed by atoms with E-state index in [0.717, 1.165) is 57.1 Å². The van der Waals surface area contributed by atoms with Gasteiger partial charge in [0.1, 0.15) is 0 Å². The summed E-state index contributed by atoms with van der Waals surface area (Å²) in [5, 5.41) is 0. The molecule has 0 fully saturated rings. The van der Waals surface area contributed by atoms with E-state index >= 15 is 0 Å². The molecule has 0 N–H and O–H groups in total. The Morgan fingerprint density at radius 2 is 0.680 bits per heavy atom. The van der Waals surface area contributed by atoms with Gasteiger partial charge in [-0.15, -0.1) is 0 Å². The van der Waals surface area contributed by atoms with E-state index in [0.29, 0.717) is 0 Å². The molecule has 2 aliphatic rings. The van der Waals surface area contributed by atoms with Gasteiger partial charge in [0, 0.05) is 24.8 Å². The number of pyridine rings is 4. The number of hydrogen-bond acceptors (Lipinski definition) is 8. The van der Waals surface area contributed by atoms with Gasteiger partial charge in [-0.3, -0.25) is 39.5 Å². The minimum absolute atomic E-state index is 0.0683. The van der Waals surface area contributed by atoms with Gasteiger partial charge in [-0.2, -0.15) is 0 Å². The summed E-state index contributed by atoms with van der Waals surface area (Å²) in [5.74, 6) is 1.85. The standard InChI is InChI=1S/C42H40N8/c1-41(2,3)29-15-17-35-37(23-29)49(33-13-9-21-45-27-33)39(47(35)31-11-7-19-43-25-31)40-48(32-12-8-20-44-26-32)36-18-16-30(42(4,5)6)24-38(36)50(40)34-14-10-22-46-28-34/h7-28H,1-6H3/b40-39+. The lowest BCUT2D eigenvalue weighted by Crippen LogP contribution is -2.33. The van der Waals surface area contributed by atoms with Crippen LogP contribution in [-0.4, -0.2) is 19.9 Å². The van der Waals surface area contributed by atoms with Crippen molar-refractivity contribution in [3.05, 3.63) is 157 Å². The fraction of sp³-hybridized carbons (Fsp3) is 0.190. The molecule has 50 heavy (non-hydrogen) atoms. The van der Waals surface area contributed by atoms with E-state index in [4.69, 9.17) is 0 Å². The molecule has 0 atom stereocenters. The highest BCUT2D eigenvalue weighted by atomic mass is 15.5. The van der Waals surface area contributed by atoms with E-state index < -0.39 is 0 Å². The van der Waals surface area contributed by atoms with Crippen molar-refractivity contribution in [2.24, 2.45) is 0 Å². The zero-order valence-corrected chi connectivity index (χ0v) is 29.3. The van der Waals surface area contributed by atoms with Crippen molar-refractivity contribution >= 4 is 45.5 Å². The predicted molar refractivity (Wildman–Crippen MR) is 203 cm³/mol. The SMILES string of the molecule is CC(C)(C)c1ccc2c(c1)N(c1cccnc1)/C(=C1\N(c3cccnc3)c3ccc(C(C)(C)C)cc3N1c1cccnc1)N2c1cccnc1. The summed E-state index contributed by atoms with van der Waals surface area (Å²) in [6.07, 6.45) is 15.0. The number of anilines is 8. The Morgan fingerprint density at radius 1 is 0.380 bits per heavy atom. The molecule has 8 rings (SSSR count). The van der Waals surface area contributed by atoms with E-state index in [2.05, 4.69) is 142 Å². The van der Waals surface area contributed by atoms with Crippen molar-refractivity contribution in [3.8, 4) is 0 Å². The molecule has 8 nitrogen and oxygen atoms in total. The van der Waals surface area contributed by atoms with Crippen LogP contribution in [0, 0.1) is 0 Å². The lowest BCUT2D eigenvalue weighted by molar-refractivity contribution is 0.590. The van der Waals surface area contributed by atoms with E-state index in [9.17, 15) is 0 Å². The van der Waals surface area contributed by atoms with Crippen molar-refractivity contribution in [1.82, 2.24) is 19.9 Å². The molecule has 2 aliphatic heterocycles. The monoisotopic (exact) mass is 656 g/mol. The summed E-state index contributed by atoms with van der Waals surface area (Å²) in [4.78, 5) is 27.8. The van der Waals surface area contributed by atoms with Crippen molar-refractivity contribution < 1.29 is 0 Å². The van der Waals surface area contributed by atoms with Gasteiger partial charge in [-0.05, 0) is 94.8 Å². The third kappa shape index (κ3) is 5.24. The van der Waals surface area contributed by atoms with E-state index in [-0.39, 0.29) is 10.8 Å². The van der Waals surface area contributed by atoms with Gasteiger partial charge in [0.15, 0.2) is 11.6 Å². The highest BCUT2D eigenvalue weighted by Gasteiger charge is 2.45. The Kier molecular flexibility index (Phi) is 7.40. The number of aromatic nitrogens is 4. The average molecular weight is 657 g/mol. The van der Waals surface area contributed by atoms with E-state index in [1.54, 1.807) is 0 Å². The molecule has 248 valence electrons. The second-order valence-electron chi connectivity index (χ2n) is 14.7. The number of fused-ring (bicyclic) bond motifs is 2. The Labute approximate surface area is 294 Å². The van der Waals surface area contributed by atoms with Crippen LogP contribution in [0.15, 0.2) is 146 Å². The zero-order chi connectivity index (χ0) is 34.6. The summed E-state index contributed by atoms with van der Waals surface area (Å²) in [6, 6.07) is 30.1. The molecule has 0 saturated heterocycles. The van der Waals surface area contributed by atoms with Crippen LogP contribution in [0.4, 0.5) is 45.5 Å². The first kappa shape index (κ1) is 31.3. The molecule has 4 aromatic heterocycles. The van der Waals surface area contributed by atoms with Crippen LogP contribution >= 0.6 is 0 Å². The molecule has 0 saturated carbocycles. The minimum Gasteiger partial charge on any atom is -0.289 e. The van der Waals surface area contributed by atoms with Crippen LogP contribution in [0.5, 0.6) is 0 Å². The molecule has 0 spiro atoms. The fourth-order valence-corrected chi connectivity index (χ4v) is 6.76. The lowest BCUT2D eigenvalue weighted by atomic mass is 9.86. The van der Waals surface area contributed by atoms with Crippen LogP contribution in [-0.2, 0) is 10.8 Å². The third-order valence-corrected chi connectivity index (χ3v) is 9.31. The normalized spacial score (nSPS) is 15.8. The smallest absolute Gasteiger partial charge is 0.166 e. The van der Waals surface area contributed by atoms with Gasteiger partial charge < -0.3 is 0 Å². The number of hydrogen-bond donors (Lipinski definition) is 0. The first-order valence-electron chi connectivity index (χ1n) is 17.0. The highest BCUT2D eigenvalue weighted by molar-refractivity contribution is 6.00. The van der Waals surface area contributed by atoms with Gasteiger partial charge in [0.25, 0.3) is 0 Å². The first-order chi connectivity index (χ1) is 24.1. The van der Waals surface area contributed by atoms with Crippen molar-refractivity contribution in [1.29, 1.82) is 0 Å². The second-order valence-corrected chi connectivity index (χ2v) is 14.7. The van der Waals surface area contributed by atoms with Crippen molar-refractivity contribution in [3.63, 3.8) is 0 Å². The van der Waals surface area contributed by atoms with Gasteiger partial charge >= 0.3 is 0 Å². The molecule has 0 unspecified atom stereocenters. The molecular weight excluding hydrogens is 617 g/mol. The van der Waals surface area contributed by atoms with Crippen molar-refractivity contribution in [2.45, 2.75) is 52.4 Å². The molecule has 0 radical (unpaired) electrons. The largest absolute Gasteiger partial charge is 0.289 e. The Bertz CT molecular complexity index is 2030. The number of nitrogens with zero attached hydrogens (tertiary/aromatic N) is 8. The molecule has 6 heterocycles. The van der Waals surface area contributed by atoms with E-state index in [1.807, 2.05) is 73.8 Å². The highest BCUT2D eigenvalue weighted by Crippen LogP contribution is 2.57. The van der Waals surface area contributed by atoms with Gasteiger partial charge in [0.05, 0.1) is 70.3 Å². The molecule has 0 aliphatic carbocycles. The molecule has 0 bridgehead atoms. The summed E-state index contributed by atoms with van der Waals surface area (Å²) < 4.78 is 0. The van der Waals surface area contributed by atoms with Gasteiger partial charge in [-0.25, -0.2) is 0 Å². The molecule has 2 aromatic carbocycles. The summed E-state index contributed by atoms with van der Waals surface area (Å²) in [7, 11) is 0. The molecule has 6 aromatic rings. The Morgan fingerprint density at radius 3 is 0.940 bits per heavy atom. The number of rotatable bonds is 4. The molecule has 8 heteroatoms. The zero-order valence-electron chi connectivity index (χ0n) is 29.3. The summed E-state index contributed by atoms with van der Waals surface area (Å²) in [5.41, 5.74) is 10.3. The lowest BCUT2D eigenvalue weighted by Gasteiger charge is -2.33. The first-order valence-corrected chi connectivity index (χ1v) is 17.0. The Hall–Kier alpha value is -6.02. The predicted octanol–water partition coefficient (Wildman–Crippen LogP) is 10.3. The maximum atomic E-state index is 4.62. The molecular formula is C42H40N8. The van der Waals surface area contributed by atoms with Crippen LogP contribution in [0.2, 0.25) is 0 Å². The average Bonchev–Trinajstić information content (AvgIpc) is 3.64. The second kappa shape index (κ2) is 11.8. The summed E-state index contributed by atoms with van der Waals surface area (Å²) >= 11 is 0. The maximum absolute atomic E-state index is 4.62. The minimum atomic E-state index is -0.0683. The van der Waals surface area contributed by atoms with Crippen LogP contribution < -0.4 is 19.6 Å². The third-order valence-electron chi connectivity index (χ3n) is 9.31.